The summed E-state index contributed by atoms with van der Waals surface area (Å²) in [5.41, 5.74) is 0. The van der Waals surface area contributed by atoms with Crippen molar-refractivity contribution >= 4 is 0 Å². The molecule has 0 radical (unpaired) electrons. The highest BCUT2D eigenvalue weighted by Crippen LogP contribution is 1.75. The Morgan fingerprint density at radius 2 is 1.12 bits per heavy atom. The SMILES string of the molecule is CCOCCOCC.O=[N+]([O-])O.O=[N+]([O-])O. The molecule has 0 aromatic carbocycles. The summed E-state index contributed by atoms with van der Waals surface area (Å²) in [4.78, 5) is 16.7. The minimum Gasteiger partial charge on any atom is -0.379 e. The molecule has 0 rings (SSSR count). The molecule has 0 aliphatic carbocycles. The van der Waals surface area contributed by atoms with E-state index in [4.69, 9.17) is 40.1 Å². The molecule has 0 atom stereocenters. The van der Waals surface area contributed by atoms with E-state index in [9.17, 15) is 0 Å². The van der Waals surface area contributed by atoms with Gasteiger partial charge in [-0.1, -0.05) is 0 Å². The van der Waals surface area contributed by atoms with Gasteiger partial charge in [0.05, 0.1) is 13.2 Å². The molecule has 10 heteroatoms. The lowest BCUT2D eigenvalue weighted by Crippen LogP contribution is -2.02. The predicted molar refractivity (Wildman–Crippen MR) is 50.5 cm³/mol. The zero-order chi connectivity index (χ0) is 13.4. The van der Waals surface area contributed by atoms with E-state index in [0.717, 1.165) is 26.4 Å². The smallest absolute Gasteiger partial charge is 0.291 e. The summed E-state index contributed by atoms with van der Waals surface area (Å²) in [6, 6.07) is 0. The molecular formula is C6H16N2O8. The molecule has 0 bridgehead atoms. The lowest BCUT2D eigenvalue weighted by Gasteiger charge is -1.99. The number of hydrogen-bond acceptors (Lipinski definition) is 6. The van der Waals surface area contributed by atoms with Crippen LogP contribution in [0.25, 0.3) is 0 Å². The van der Waals surface area contributed by atoms with Crippen molar-refractivity contribution in [2.24, 2.45) is 0 Å². The maximum atomic E-state index is 8.36. The summed E-state index contributed by atoms with van der Waals surface area (Å²) < 4.78 is 10.0. The molecule has 0 unspecified atom stereocenters. The van der Waals surface area contributed by atoms with Crippen molar-refractivity contribution in [2.45, 2.75) is 13.8 Å². The summed E-state index contributed by atoms with van der Waals surface area (Å²) in [6.45, 7) is 6.98. The number of ether oxygens (including phenoxy) is 2. The van der Waals surface area contributed by atoms with Crippen LogP contribution in [0.5, 0.6) is 0 Å². The number of nitrogens with zero attached hydrogens (tertiary/aromatic N) is 2. The predicted octanol–water partition coefficient (Wildman–Crippen LogP) is 0.364. The van der Waals surface area contributed by atoms with Crippen molar-refractivity contribution in [3.8, 4) is 0 Å². The van der Waals surface area contributed by atoms with Crippen LogP contribution < -0.4 is 0 Å². The highest BCUT2D eigenvalue weighted by Gasteiger charge is 1.81. The summed E-state index contributed by atoms with van der Waals surface area (Å²) in [6.07, 6.45) is 0. The largest absolute Gasteiger partial charge is 0.379 e. The van der Waals surface area contributed by atoms with Crippen molar-refractivity contribution in [2.75, 3.05) is 26.4 Å². The lowest BCUT2D eigenvalue weighted by atomic mass is 10.7. The molecule has 0 heterocycles. The Bertz CT molecular complexity index is 139. The Labute approximate surface area is 91.6 Å². The Morgan fingerprint density at radius 1 is 0.938 bits per heavy atom. The highest BCUT2D eigenvalue weighted by molar-refractivity contribution is 4.24. The molecule has 16 heavy (non-hydrogen) atoms. The van der Waals surface area contributed by atoms with Crippen molar-refractivity contribution in [3.05, 3.63) is 20.2 Å². The third kappa shape index (κ3) is 143. The van der Waals surface area contributed by atoms with Gasteiger partial charge in [0, 0.05) is 13.2 Å². The van der Waals surface area contributed by atoms with Crippen molar-refractivity contribution in [1.82, 2.24) is 0 Å². The second-order valence-corrected chi connectivity index (χ2v) is 1.87. The Balaban J connectivity index is -0.000000179. The van der Waals surface area contributed by atoms with Crippen LogP contribution >= 0.6 is 0 Å². The number of rotatable bonds is 5. The average molecular weight is 244 g/mol. The van der Waals surface area contributed by atoms with Crippen LogP contribution in [0.4, 0.5) is 0 Å². The summed E-state index contributed by atoms with van der Waals surface area (Å²) in [7, 11) is 0. The van der Waals surface area contributed by atoms with Gasteiger partial charge in [0.25, 0.3) is 10.2 Å². The van der Waals surface area contributed by atoms with Crippen LogP contribution in [-0.4, -0.2) is 47.0 Å². The molecular weight excluding hydrogens is 228 g/mol. The average Bonchev–Trinajstić information content (AvgIpc) is 2.11. The van der Waals surface area contributed by atoms with Crippen LogP contribution in [0.2, 0.25) is 0 Å². The van der Waals surface area contributed by atoms with E-state index in [1.54, 1.807) is 0 Å². The van der Waals surface area contributed by atoms with Gasteiger partial charge < -0.3 is 19.9 Å². The van der Waals surface area contributed by atoms with Crippen molar-refractivity contribution < 1.29 is 30.1 Å². The maximum Gasteiger partial charge on any atom is 0.291 e. The van der Waals surface area contributed by atoms with E-state index in [0.29, 0.717) is 0 Å². The van der Waals surface area contributed by atoms with E-state index < -0.39 is 10.2 Å². The lowest BCUT2D eigenvalue weighted by molar-refractivity contribution is -0.742. The molecule has 0 amide bonds. The summed E-state index contributed by atoms with van der Waals surface area (Å²) in [5, 5.41) is 27.3. The van der Waals surface area contributed by atoms with Gasteiger partial charge >= 0.3 is 0 Å². The molecule has 0 aliphatic heterocycles. The van der Waals surface area contributed by atoms with E-state index >= 15 is 0 Å². The van der Waals surface area contributed by atoms with Gasteiger partial charge in [0.15, 0.2) is 0 Å². The molecule has 0 aromatic heterocycles. The topological polar surface area (TPSA) is 145 Å². The minimum atomic E-state index is -1.50. The van der Waals surface area contributed by atoms with E-state index in [1.807, 2.05) is 13.8 Å². The monoisotopic (exact) mass is 244 g/mol. The minimum absolute atomic E-state index is 0.727. The molecule has 2 N–H and O–H groups in total. The summed E-state index contributed by atoms with van der Waals surface area (Å²) in [5.74, 6) is 0. The van der Waals surface area contributed by atoms with Crippen LogP contribution in [0.3, 0.4) is 0 Å². The van der Waals surface area contributed by atoms with Gasteiger partial charge in [0.1, 0.15) is 0 Å². The first kappa shape index (κ1) is 19.8. The van der Waals surface area contributed by atoms with Gasteiger partial charge in [-0.2, -0.15) is 0 Å². The normalized spacial score (nSPS) is 7.88. The van der Waals surface area contributed by atoms with Crippen LogP contribution in [0.1, 0.15) is 13.8 Å². The molecule has 0 fully saturated rings. The van der Waals surface area contributed by atoms with Gasteiger partial charge in [-0.3, -0.25) is 0 Å². The number of hydrogen-bond donors (Lipinski definition) is 2. The van der Waals surface area contributed by atoms with Gasteiger partial charge in [-0.15, -0.1) is 20.2 Å². The zero-order valence-electron chi connectivity index (χ0n) is 9.07. The van der Waals surface area contributed by atoms with E-state index in [2.05, 4.69) is 0 Å². The Hall–Kier alpha value is -1.68. The molecule has 0 saturated carbocycles. The maximum absolute atomic E-state index is 8.36. The Morgan fingerprint density at radius 3 is 1.25 bits per heavy atom. The highest BCUT2D eigenvalue weighted by atomic mass is 16.9. The third-order valence-electron chi connectivity index (χ3n) is 0.780. The quantitative estimate of drug-likeness (QED) is 0.400. The first-order valence-electron chi connectivity index (χ1n) is 4.20. The molecule has 10 nitrogen and oxygen atoms in total. The molecule has 0 aromatic rings. The molecule has 0 aliphatic rings. The fourth-order valence-corrected chi connectivity index (χ4v) is 0.407. The zero-order valence-corrected chi connectivity index (χ0v) is 9.07. The van der Waals surface area contributed by atoms with Crippen LogP contribution in [-0.2, 0) is 9.47 Å². The summed E-state index contributed by atoms with van der Waals surface area (Å²) >= 11 is 0. The van der Waals surface area contributed by atoms with Crippen molar-refractivity contribution in [3.63, 3.8) is 0 Å². The molecule has 0 saturated heterocycles. The van der Waals surface area contributed by atoms with Crippen LogP contribution in [0.15, 0.2) is 0 Å². The molecule has 0 spiro atoms. The van der Waals surface area contributed by atoms with Crippen LogP contribution in [0, 0.1) is 20.2 Å². The Kier molecular flexibility index (Phi) is 23.5. The van der Waals surface area contributed by atoms with Crippen molar-refractivity contribution in [1.29, 1.82) is 0 Å². The first-order chi connectivity index (χ1) is 7.38. The molecule has 98 valence electrons. The fraction of sp³-hybridized carbons (Fsp3) is 1.00. The fourth-order valence-electron chi connectivity index (χ4n) is 0.407. The first-order valence-corrected chi connectivity index (χ1v) is 4.20. The van der Waals surface area contributed by atoms with Gasteiger partial charge in [-0.05, 0) is 13.8 Å². The second kappa shape index (κ2) is 19.0. The van der Waals surface area contributed by atoms with Gasteiger partial charge in [0.2, 0.25) is 0 Å². The van der Waals surface area contributed by atoms with Gasteiger partial charge in [-0.25, -0.2) is 0 Å². The third-order valence-corrected chi connectivity index (χ3v) is 0.780. The standard InChI is InChI=1S/C6H14O2.2HNO3/c1-3-7-5-6-8-4-2;2*2-1(3)4/h3-6H2,1-2H3;2*(H,2,3,4). The van der Waals surface area contributed by atoms with E-state index in [1.165, 1.54) is 0 Å². The van der Waals surface area contributed by atoms with E-state index in [-0.39, 0.29) is 0 Å². The second-order valence-electron chi connectivity index (χ2n) is 1.87.